The Kier molecular flexibility index (Phi) is 6.13. The predicted molar refractivity (Wildman–Crippen MR) is 121 cm³/mol. The summed E-state index contributed by atoms with van der Waals surface area (Å²) in [5, 5.41) is 6.49. The van der Waals surface area contributed by atoms with Crippen LogP contribution in [-0.2, 0) is 11.3 Å². The molecule has 1 atom stereocenters. The molecule has 0 spiro atoms. The molecule has 1 unspecified atom stereocenters. The molecular weight excluding hydrogens is 469 g/mol. The van der Waals surface area contributed by atoms with Crippen LogP contribution in [0.1, 0.15) is 46.4 Å². The summed E-state index contributed by atoms with van der Waals surface area (Å²) in [7, 11) is 1.40. The predicted octanol–water partition coefficient (Wildman–Crippen LogP) is 1.97. The number of carbonyl (C=O) groups excluding carboxylic acids is 3. The van der Waals surface area contributed by atoms with Gasteiger partial charge in [-0.3, -0.25) is 19.2 Å². The summed E-state index contributed by atoms with van der Waals surface area (Å²) in [6, 6.07) is 3.58. The number of nitrogens with one attached hydrogen (secondary N) is 1. The Bertz CT molecular complexity index is 1400. The molecule has 2 aromatic heterocycles. The molecule has 34 heavy (non-hydrogen) atoms. The van der Waals surface area contributed by atoms with E-state index in [9.17, 15) is 23.6 Å². The van der Waals surface area contributed by atoms with Crippen molar-refractivity contribution in [3.8, 4) is 5.75 Å². The first kappa shape index (κ1) is 23.4. The number of fused-ring (bicyclic) bond motifs is 3. The molecule has 2 amide bonds. The van der Waals surface area contributed by atoms with E-state index in [0.717, 1.165) is 10.7 Å². The van der Waals surface area contributed by atoms with Crippen LogP contribution in [0.5, 0.6) is 5.75 Å². The van der Waals surface area contributed by atoms with Gasteiger partial charge in [0, 0.05) is 26.2 Å². The lowest BCUT2D eigenvalue weighted by Crippen LogP contribution is -2.42. The van der Waals surface area contributed by atoms with E-state index in [1.807, 2.05) is 13.8 Å². The van der Waals surface area contributed by atoms with Crippen LogP contribution in [0.2, 0.25) is 5.02 Å². The van der Waals surface area contributed by atoms with Crippen molar-refractivity contribution in [2.45, 2.75) is 26.4 Å². The third kappa shape index (κ3) is 3.61. The number of likely N-dealkylation sites (N-methyl/N-ethyl adjacent to an activating group) is 1. The van der Waals surface area contributed by atoms with Crippen LogP contribution in [0.15, 0.2) is 23.0 Å². The second-order valence-corrected chi connectivity index (χ2v) is 8.22. The van der Waals surface area contributed by atoms with Gasteiger partial charge in [0.2, 0.25) is 0 Å². The lowest BCUT2D eigenvalue weighted by Gasteiger charge is -2.32. The van der Waals surface area contributed by atoms with Crippen LogP contribution >= 0.6 is 11.6 Å². The molecule has 0 fully saturated rings. The number of halogens is 2. The quantitative estimate of drug-likeness (QED) is 0.529. The normalized spacial score (nSPS) is 15.4. The van der Waals surface area contributed by atoms with Crippen molar-refractivity contribution in [2.75, 3.05) is 20.1 Å². The first-order valence-electron chi connectivity index (χ1n) is 10.5. The van der Waals surface area contributed by atoms with Crippen molar-refractivity contribution in [3.63, 3.8) is 0 Å². The molecule has 0 saturated heterocycles. The molecule has 1 aromatic carbocycles. The zero-order valence-corrected chi connectivity index (χ0v) is 19.4. The Morgan fingerprint density at radius 2 is 2.12 bits per heavy atom. The fourth-order valence-electron chi connectivity index (χ4n) is 4.24. The summed E-state index contributed by atoms with van der Waals surface area (Å²) in [5.74, 6) is -1.90. The third-order valence-electron chi connectivity index (χ3n) is 5.78. The van der Waals surface area contributed by atoms with E-state index < -0.39 is 23.2 Å². The first-order chi connectivity index (χ1) is 16.2. The molecule has 0 bridgehead atoms. The molecular formula is C22H21ClFN5O5. The van der Waals surface area contributed by atoms with Gasteiger partial charge in [-0.25, -0.2) is 9.07 Å². The average Bonchev–Trinajstić information content (AvgIpc) is 3.16. The van der Waals surface area contributed by atoms with Gasteiger partial charge in [0.25, 0.3) is 23.8 Å². The number of hydrogen-bond donors (Lipinski definition) is 1. The summed E-state index contributed by atoms with van der Waals surface area (Å²) < 4.78 is 21.3. The highest BCUT2D eigenvalue weighted by Gasteiger charge is 2.38. The standard InChI is InChI=1S/C22H21ClFN5O5/c1-4-27-8-11(2)29-17-15(19(34-10-30)18(29)22(27)33)21(32)28(26-16(17)20(31)25-3)9-12-5-6-14(24)13(23)7-12/h5-7,10-11H,4,8-9H2,1-3H3,(H,25,31). The van der Waals surface area contributed by atoms with Gasteiger partial charge in [-0.1, -0.05) is 17.7 Å². The number of aromatic nitrogens is 3. The molecule has 12 heteroatoms. The molecule has 0 aliphatic carbocycles. The molecule has 1 N–H and O–H groups in total. The fraction of sp³-hybridized carbons (Fsp3) is 0.318. The largest absolute Gasteiger partial charge is 0.425 e. The summed E-state index contributed by atoms with van der Waals surface area (Å²) in [6.45, 7) is 4.34. The lowest BCUT2D eigenvalue weighted by molar-refractivity contribution is -0.120. The van der Waals surface area contributed by atoms with Gasteiger partial charge in [-0.2, -0.15) is 5.10 Å². The van der Waals surface area contributed by atoms with Crippen molar-refractivity contribution in [1.29, 1.82) is 0 Å². The van der Waals surface area contributed by atoms with Crippen molar-refractivity contribution in [2.24, 2.45) is 0 Å². The number of benzene rings is 1. The van der Waals surface area contributed by atoms with Gasteiger partial charge < -0.3 is 19.5 Å². The highest BCUT2D eigenvalue weighted by molar-refractivity contribution is 6.30. The van der Waals surface area contributed by atoms with Crippen molar-refractivity contribution in [3.05, 3.63) is 56.3 Å². The Hall–Kier alpha value is -3.73. The van der Waals surface area contributed by atoms with Gasteiger partial charge in [0.1, 0.15) is 11.2 Å². The molecule has 10 nitrogen and oxygen atoms in total. The summed E-state index contributed by atoms with van der Waals surface area (Å²) in [4.78, 5) is 52.5. The van der Waals surface area contributed by atoms with E-state index in [-0.39, 0.29) is 52.1 Å². The van der Waals surface area contributed by atoms with Crippen molar-refractivity contribution < 1.29 is 23.5 Å². The summed E-state index contributed by atoms with van der Waals surface area (Å²) in [5.41, 5.74) is -0.274. The molecule has 3 heterocycles. The van der Waals surface area contributed by atoms with E-state index in [0.29, 0.717) is 18.7 Å². The second-order valence-electron chi connectivity index (χ2n) is 7.82. The van der Waals surface area contributed by atoms with Gasteiger partial charge >= 0.3 is 0 Å². The maximum absolute atomic E-state index is 13.6. The smallest absolute Gasteiger partial charge is 0.298 e. The second kappa shape index (κ2) is 8.90. The van der Waals surface area contributed by atoms with Gasteiger partial charge in [0.05, 0.1) is 17.1 Å². The number of carbonyl (C=O) groups is 3. The number of hydrogen-bond acceptors (Lipinski definition) is 6. The fourth-order valence-corrected chi connectivity index (χ4v) is 4.44. The van der Waals surface area contributed by atoms with Crippen LogP contribution < -0.4 is 15.6 Å². The van der Waals surface area contributed by atoms with E-state index in [1.54, 1.807) is 4.90 Å². The minimum absolute atomic E-state index is 0.00525. The van der Waals surface area contributed by atoms with Crippen LogP contribution in [0.25, 0.3) is 10.9 Å². The average molecular weight is 490 g/mol. The molecule has 3 aromatic rings. The number of amides is 2. The number of rotatable bonds is 6. The highest BCUT2D eigenvalue weighted by atomic mass is 35.5. The maximum Gasteiger partial charge on any atom is 0.298 e. The molecule has 0 radical (unpaired) electrons. The Balaban J connectivity index is 2.07. The number of ether oxygens (including phenoxy) is 1. The SMILES string of the molecule is CCN1CC(C)n2c(c(OC=O)c3c(=O)n(Cc4ccc(F)c(Cl)c4)nc(C(=O)NC)c32)C1=O. The molecule has 1 aliphatic heterocycles. The number of nitrogens with zero attached hydrogens (tertiary/aromatic N) is 4. The topological polar surface area (TPSA) is 116 Å². The molecule has 1 aliphatic rings. The van der Waals surface area contributed by atoms with Gasteiger partial charge in [-0.05, 0) is 31.5 Å². The summed E-state index contributed by atoms with van der Waals surface area (Å²) in [6.07, 6.45) is 0. The van der Waals surface area contributed by atoms with Crippen LogP contribution in [-0.4, -0.2) is 57.7 Å². The Labute approximate surface area is 197 Å². The van der Waals surface area contributed by atoms with E-state index in [4.69, 9.17) is 16.3 Å². The zero-order valence-electron chi connectivity index (χ0n) is 18.6. The van der Waals surface area contributed by atoms with Crippen molar-refractivity contribution in [1.82, 2.24) is 24.6 Å². The van der Waals surface area contributed by atoms with E-state index >= 15 is 0 Å². The zero-order chi connectivity index (χ0) is 24.7. The van der Waals surface area contributed by atoms with Gasteiger partial charge in [0.15, 0.2) is 17.1 Å². The van der Waals surface area contributed by atoms with E-state index in [2.05, 4.69) is 10.4 Å². The minimum atomic E-state index is -0.690. The van der Waals surface area contributed by atoms with Gasteiger partial charge in [-0.15, -0.1) is 0 Å². The maximum atomic E-state index is 13.6. The van der Waals surface area contributed by atoms with Crippen molar-refractivity contribution >= 4 is 40.8 Å². The summed E-state index contributed by atoms with van der Waals surface area (Å²) >= 11 is 5.86. The minimum Gasteiger partial charge on any atom is -0.425 e. The first-order valence-corrected chi connectivity index (χ1v) is 10.9. The lowest BCUT2D eigenvalue weighted by atomic mass is 10.2. The third-order valence-corrected chi connectivity index (χ3v) is 6.07. The van der Waals surface area contributed by atoms with E-state index in [1.165, 1.54) is 23.7 Å². The molecule has 178 valence electrons. The Morgan fingerprint density at radius 1 is 1.38 bits per heavy atom. The monoisotopic (exact) mass is 489 g/mol. The van der Waals surface area contributed by atoms with Crippen LogP contribution in [0.4, 0.5) is 4.39 Å². The van der Waals surface area contributed by atoms with Crippen LogP contribution in [0.3, 0.4) is 0 Å². The Morgan fingerprint density at radius 3 is 2.74 bits per heavy atom. The molecule has 4 rings (SSSR count). The highest BCUT2D eigenvalue weighted by Crippen LogP contribution is 2.38. The van der Waals surface area contributed by atoms with Crippen LogP contribution in [0, 0.1) is 5.82 Å². The molecule has 0 saturated carbocycles.